The zero-order valence-corrected chi connectivity index (χ0v) is 14.8. The van der Waals surface area contributed by atoms with Crippen molar-refractivity contribution in [1.82, 2.24) is 9.97 Å². The Balaban J connectivity index is 1.49. The molecule has 0 radical (unpaired) electrons. The highest BCUT2D eigenvalue weighted by atomic mass is 79.9. The summed E-state index contributed by atoms with van der Waals surface area (Å²) in [6.45, 7) is 1.81. The number of ether oxygens (including phenoxy) is 1. The summed E-state index contributed by atoms with van der Waals surface area (Å²) in [4.78, 5) is 10.0. The fraction of sp³-hybridized carbons (Fsp3) is 0.500. The van der Waals surface area contributed by atoms with Crippen LogP contribution in [0.25, 0.3) is 10.6 Å². The van der Waals surface area contributed by atoms with Crippen LogP contribution in [0.1, 0.15) is 32.1 Å². The molecule has 0 saturated carbocycles. The van der Waals surface area contributed by atoms with Gasteiger partial charge in [-0.05, 0) is 65.5 Å². The number of thiophene rings is 1. The van der Waals surface area contributed by atoms with Crippen LogP contribution in [0.2, 0.25) is 0 Å². The molecule has 0 aromatic carbocycles. The minimum atomic E-state index is 0.449. The first-order valence-electron chi connectivity index (χ1n) is 7.75. The van der Waals surface area contributed by atoms with E-state index in [-0.39, 0.29) is 0 Å². The van der Waals surface area contributed by atoms with E-state index in [9.17, 15) is 0 Å². The topological polar surface area (TPSA) is 47.0 Å². The molecule has 1 aliphatic rings. The first kappa shape index (κ1) is 15.9. The molecule has 0 aliphatic carbocycles. The van der Waals surface area contributed by atoms with Crippen LogP contribution >= 0.6 is 27.3 Å². The number of anilines is 1. The molecule has 1 fully saturated rings. The Morgan fingerprint density at radius 3 is 3.09 bits per heavy atom. The van der Waals surface area contributed by atoms with Crippen molar-refractivity contribution in [3.8, 4) is 10.6 Å². The van der Waals surface area contributed by atoms with Crippen LogP contribution in [0.4, 0.5) is 5.95 Å². The molecule has 118 valence electrons. The van der Waals surface area contributed by atoms with Crippen LogP contribution in [0, 0.1) is 0 Å². The number of aromatic nitrogens is 2. The van der Waals surface area contributed by atoms with E-state index in [1.165, 1.54) is 19.3 Å². The van der Waals surface area contributed by atoms with Crippen LogP contribution < -0.4 is 5.32 Å². The summed E-state index contributed by atoms with van der Waals surface area (Å²) in [6, 6.07) is 3.98. The van der Waals surface area contributed by atoms with Gasteiger partial charge >= 0.3 is 0 Å². The second kappa shape index (κ2) is 8.04. The van der Waals surface area contributed by atoms with Crippen molar-refractivity contribution < 1.29 is 4.74 Å². The molecule has 0 amide bonds. The normalized spacial score (nSPS) is 18.3. The van der Waals surface area contributed by atoms with Gasteiger partial charge in [0.2, 0.25) is 5.95 Å². The Hall–Kier alpha value is -0.980. The highest BCUT2D eigenvalue weighted by molar-refractivity contribution is 9.10. The molecule has 2 aromatic heterocycles. The standard InChI is InChI=1S/C16H20BrN3OS/c17-13-7-11-22-15(13)14-6-9-19-16(20-14)18-8-3-5-12-4-1-2-10-21-12/h6-7,9,11-12H,1-5,8,10H2,(H,18,19,20). The van der Waals surface area contributed by atoms with Gasteiger partial charge in [-0.1, -0.05) is 0 Å². The zero-order valence-electron chi connectivity index (χ0n) is 12.4. The summed E-state index contributed by atoms with van der Waals surface area (Å²) in [6.07, 6.45) is 8.18. The summed E-state index contributed by atoms with van der Waals surface area (Å²) in [7, 11) is 0. The number of hydrogen-bond donors (Lipinski definition) is 1. The second-order valence-electron chi connectivity index (χ2n) is 5.42. The number of halogens is 1. The molecule has 3 heterocycles. The molecule has 1 N–H and O–H groups in total. The zero-order chi connectivity index (χ0) is 15.2. The van der Waals surface area contributed by atoms with E-state index in [1.54, 1.807) is 17.5 Å². The first-order chi connectivity index (χ1) is 10.8. The molecule has 6 heteroatoms. The largest absolute Gasteiger partial charge is 0.378 e. The van der Waals surface area contributed by atoms with Gasteiger partial charge in [-0.3, -0.25) is 0 Å². The van der Waals surface area contributed by atoms with Gasteiger partial charge in [0.25, 0.3) is 0 Å². The number of hydrogen-bond acceptors (Lipinski definition) is 5. The molecule has 1 saturated heterocycles. The minimum absolute atomic E-state index is 0.449. The molecule has 1 aliphatic heterocycles. The summed E-state index contributed by atoms with van der Waals surface area (Å²) in [5.41, 5.74) is 0.954. The van der Waals surface area contributed by atoms with Gasteiger partial charge in [0.1, 0.15) is 0 Å². The Labute approximate surface area is 143 Å². The second-order valence-corrected chi connectivity index (χ2v) is 7.19. The molecule has 0 bridgehead atoms. The van der Waals surface area contributed by atoms with Gasteiger partial charge in [0, 0.05) is 23.8 Å². The maximum absolute atomic E-state index is 5.75. The Morgan fingerprint density at radius 2 is 2.32 bits per heavy atom. The lowest BCUT2D eigenvalue weighted by Gasteiger charge is -2.22. The quantitative estimate of drug-likeness (QED) is 0.734. The third-order valence-electron chi connectivity index (χ3n) is 3.77. The SMILES string of the molecule is Brc1ccsc1-c1ccnc(NCCCC2CCCCO2)n1. The van der Waals surface area contributed by atoms with E-state index < -0.39 is 0 Å². The highest BCUT2D eigenvalue weighted by Crippen LogP contribution is 2.32. The van der Waals surface area contributed by atoms with Crippen molar-refractivity contribution in [3.63, 3.8) is 0 Å². The highest BCUT2D eigenvalue weighted by Gasteiger charge is 2.13. The van der Waals surface area contributed by atoms with Crippen molar-refractivity contribution in [2.75, 3.05) is 18.5 Å². The minimum Gasteiger partial charge on any atom is -0.378 e. The van der Waals surface area contributed by atoms with Crippen LogP contribution in [-0.4, -0.2) is 29.2 Å². The lowest BCUT2D eigenvalue weighted by Crippen LogP contribution is -2.20. The average molecular weight is 382 g/mol. The fourth-order valence-corrected chi connectivity index (χ4v) is 4.16. The van der Waals surface area contributed by atoms with Crippen LogP contribution in [0.3, 0.4) is 0 Å². The van der Waals surface area contributed by atoms with E-state index in [0.29, 0.717) is 12.1 Å². The average Bonchev–Trinajstić information content (AvgIpc) is 2.99. The fourth-order valence-electron chi connectivity index (χ4n) is 2.61. The van der Waals surface area contributed by atoms with E-state index in [0.717, 1.165) is 41.0 Å². The Bertz CT molecular complexity index is 599. The summed E-state index contributed by atoms with van der Waals surface area (Å²) >= 11 is 5.23. The molecule has 1 unspecified atom stereocenters. The molecular formula is C16H20BrN3OS. The molecule has 0 spiro atoms. The summed E-state index contributed by atoms with van der Waals surface area (Å²) in [5.74, 6) is 0.697. The van der Waals surface area contributed by atoms with E-state index >= 15 is 0 Å². The van der Waals surface area contributed by atoms with E-state index in [1.807, 2.05) is 12.1 Å². The van der Waals surface area contributed by atoms with Gasteiger partial charge in [-0.2, -0.15) is 0 Å². The Kier molecular flexibility index (Phi) is 5.81. The monoisotopic (exact) mass is 381 g/mol. The smallest absolute Gasteiger partial charge is 0.223 e. The molecule has 2 aromatic rings. The third-order valence-corrected chi connectivity index (χ3v) is 5.63. The molecule has 4 nitrogen and oxygen atoms in total. The van der Waals surface area contributed by atoms with Crippen LogP contribution in [0.15, 0.2) is 28.2 Å². The van der Waals surface area contributed by atoms with Crippen molar-refractivity contribution in [1.29, 1.82) is 0 Å². The van der Waals surface area contributed by atoms with Crippen molar-refractivity contribution >= 4 is 33.2 Å². The first-order valence-corrected chi connectivity index (χ1v) is 9.42. The molecular weight excluding hydrogens is 362 g/mol. The van der Waals surface area contributed by atoms with Gasteiger partial charge in [-0.25, -0.2) is 9.97 Å². The van der Waals surface area contributed by atoms with E-state index in [4.69, 9.17) is 4.74 Å². The third kappa shape index (κ3) is 4.27. The van der Waals surface area contributed by atoms with Crippen molar-refractivity contribution in [2.45, 2.75) is 38.2 Å². The van der Waals surface area contributed by atoms with Gasteiger partial charge < -0.3 is 10.1 Å². The predicted molar refractivity (Wildman–Crippen MR) is 94.4 cm³/mol. The molecule has 3 rings (SSSR count). The number of rotatable bonds is 6. The Morgan fingerprint density at radius 1 is 1.36 bits per heavy atom. The summed E-state index contributed by atoms with van der Waals surface area (Å²) < 4.78 is 6.83. The number of nitrogens with one attached hydrogen (secondary N) is 1. The maximum atomic E-state index is 5.75. The van der Waals surface area contributed by atoms with Crippen LogP contribution in [-0.2, 0) is 4.74 Å². The predicted octanol–water partition coefficient (Wildman–Crippen LogP) is 4.73. The van der Waals surface area contributed by atoms with Gasteiger partial charge in [0.05, 0.1) is 16.7 Å². The maximum Gasteiger partial charge on any atom is 0.223 e. The molecule has 1 atom stereocenters. The van der Waals surface area contributed by atoms with Crippen molar-refractivity contribution in [2.24, 2.45) is 0 Å². The number of nitrogens with zero attached hydrogens (tertiary/aromatic N) is 2. The lowest BCUT2D eigenvalue weighted by molar-refractivity contribution is 0.0107. The van der Waals surface area contributed by atoms with Gasteiger partial charge in [-0.15, -0.1) is 11.3 Å². The lowest BCUT2D eigenvalue weighted by atomic mass is 10.0. The van der Waals surface area contributed by atoms with Crippen LogP contribution in [0.5, 0.6) is 0 Å². The summed E-state index contributed by atoms with van der Waals surface area (Å²) in [5, 5.41) is 5.37. The van der Waals surface area contributed by atoms with E-state index in [2.05, 4.69) is 36.6 Å². The molecule has 22 heavy (non-hydrogen) atoms. The van der Waals surface area contributed by atoms with Gasteiger partial charge in [0.15, 0.2) is 0 Å². The van der Waals surface area contributed by atoms with Crippen molar-refractivity contribution in [3.05, 3.63) is 28.2 Å².